The Balaban J connectivity index is 1.98. The van der Waals surface area contributed by atoms with Gasteiger partial charge >= 0.3 is 5.69 Å². The molecule has 1 aliphatic heterocycles. The first-order valence-corrected chi connectivity index (χ1v) is 6.99. The number of benzene rings is 1. The molecule has 6 heteroatoms. The summed E-state index contributed by atoms with van der Waals surface area (Å²) in [5, 5.41) is 15.2. The van der Waals surface area contributed by atoms with Crippen molar-refractivity contribution in [3.05, 3.63) is 40.6 Å². The molecule has 0 aliphatic carbocycles. The van der Waals surface area contributed by atoms with Gasteiger partial charge in [-0.15, -0.1) is 0 Å². The maximum atomic E-state index is 11.2. The number of nitrogens with zero attached hydrogens (tertiary/aromatic N) is 2. The number of anilines is 1. The SMILES string of the molecule is CC1(CNc2c([N+](=O)[O-])cnc3ccccc23)CCCO1. The lowest BCUT2D eigenvalue weighted by molar-refractivity contribution is -0.384. The highest BCUT2D eigenvalue weighted by Crippen LogP contribution is 2.33. The minimum Gasteiger partial charge on any atom is -0.376 e. The molecule has 110 valence electrons. The standard InChI is InChI=1S/C15H17N3O3/c1-15(7-4-8-21-15)10-17-14-11-5-2-3-6-12(11)16-9-13(14)18(19)20/h2-3,5-6,9H,4,7-8,10H2,1H3,(H,16,17). The van der Waals surface area contributed by atoms with Gasteiger partial charge in [-0.2, -0.15) is 0 Å². The number of ether oxygens (including phenoxy) is 1. The summed E-state index contributed by atoms with van der Waals surface area (Å²) in [6.07, 6.45) is 3.29. The third-order valence-electron chi connectivity index (χ3n) is 3.89. The first kappa shape index (κ1) is 13.8. The third kappa shape index (κ3) is 2.67. The summed E-state index contributed by atoms with van der Waals surface area (Å²) in [6.45, 7) is 3.32. The van der Waals surface area contributed by atoms with E-state index in [9.17, 15) is 10.1 Å². The van der Waals surface area contributed by atoms with Gasteiger partial charge in [0.25, 0.3) is 0 Å². The minimum absolute atomic E-state index is 0.00435. The van der Waals surface area contributed by atoms with Crippen LogP contribution in [0.2, 0.25) is 0 Å². The Morgan fingerprint density at radius 2 is 2.29 bits per heavy atom. The summed E-state index contributed by atoms with van der Waals surface area (Å²) < 4.78 is 5.73. The fourth-order valence-electron chi connectivity index (χ4n) is 2.71. The van der Waals surface area contributed by atoms with Crippen LogP contribution in [0.5, 0.6) is 0 Å². The largest absolute Gasteiger partial charge is 0.376 e. The molecule has 1 aliphatic rings. The van der Waals surface area contributed by atoms with E-state index in [0.717, 1.165) is 30.4 Å². The molecule has 1 N–H and O–H groups in total. The van der Waals surface area contributed by atoms with Crippen LogP contribution < -0.4 is 5.32 Å². The zero-order valence-corrected chi connectivity index (χ0v) is 11.8. The van der Waals surface area contributed by atoms with Crippen molar-refractivity contribution in [2.45, 2.75) is 25.4 Å². The number of hydrogen-bond donors (Lipinski definition) is 1. The molecule has 0 amide bonds. The second-order valence-corrected chi connectivity index (χ2v) is 5.55. The van der Waals surface area contributed by atoms with E-state index >= 15 is 0 Å². The first-order chi connectivity index (χ1) is 10.1. The van der Waals surface area contributed by atoms with Crippen molar-refractivity contribution in [2.75, 3.05) is 18.5 Å². The minimum atomic E-state index is -0.403. The summed E-state index contributed by atoms with van der Waals surface area (Å²) in [7, 11) is 0. The molecule has 1 unspecified atom stereocenters. The second-order valence-electron chi connectivity index (χ2n) is 5.55. The van der Waals surface area contributed by atoms with E-state index in [4.69, 9.17) is 4.74 Å². The Kier molecular flexibility index (Phi) is 3.47. The highest BCUT2D eigenvalue weighted by atomic mass is 16.6. The van der Waals surface area contributed by atoms with Gasteiger partial charge in [0.1, 0.15) is 11.9 Å². The highest BCUT2D eigenvalue weighted by molar-refractivity contribution is 5.95. The average molecular weight is 287 g/mol. The molecule has 1 saturated heterocycles. The molecule has 6 nitrogen and oxygen atoms in total. The molecular weight excluding hydrogens is 270 g/mol. The number of pyridine rings is 1. The highest BCUT2D eigenvalue weighted by Gasteiger charge is 2.30. The molecule has 0 saturated carbocycles. The van der Waals surface area contributed by atoms with Crippen LogP contribution >= 0.6 is 0 Å². The van der Waals surface area contributed by atoms with Gasteiger partial charge in [-0.05, 0) is 25.8 Å². The molecule has 0 bridgehead atoms. The zero-order valence-electron chi connectivity index (χ0n) is 11.8. The summed E-state index contributed by atoms with van der Waals surface area (Å²) in [4.78, 5) is 15.0. The van der Waals surface area contributed by atoms with Gasteiger partial charge in [0.15, 0.2) is 0 Å². The van der Waals surface area contributed by atoms with Crippen LogP contribution in [0.3, 0.4) is 0 Å². The van der Waals surface area contributed by atoms with Crippen LogP contribution in [-0.2, 0) is 4.74 Å². The number of nitro groups is 1. The Morgan fingerprint density at radius 1 is 1.48 bits per heavy atom. The number of fused-ring (bicyclic) bond motifs is 1. The summed E-state index contributed by atoms with van der Waals surface area (Å²) in [6, 6.07) is 7.41. The summed E-state index contributed by atoms with van der Waals surface area (Å²) >= 11 is 0. The van der Waals surface area contributed by atoms with Crippen molar-refractivity contribution in [1.29, 1.82) is 0 Å². The van der Waals surface area contributed by atoms with Crippen LogP contribution in [0.1, 0.15) is 19.8 Å². The van der Waals surface area contributed by atoms with Crippen LogP contribution in [0.4, 0.5) is 11.4 Å². The van der Waals surface area contributed by atoms with E-state index in [1.54, 1.807) is 0 Å². The summed E-state index contributed by atoms with van der Waals surface area (Å²) in [5.74, 6) is 0. The van der Waals surface area contributed by atoms with Gasteiger partial charge in [-0.25, -0.2) is 4.98 Å². The molecule has 3 rings (SSSR count). The van der Waals surface area contributed by atoms with E-state index < -0.39 is 4.92 Å². The van der Waals surface area contributed by atoms with E-state index in [1.165, 1.54) is 6.20 Å². The molecule has 0 radical (unpaired) electrons. The maximum Gasteiger partial charge on any atom is 0.311 e. The molecule has 1 aromatic carbocycles. The third-order valence-corrected chi connectivity index (χ3v) is 3.89. The molecular formula is C15H17N3O3. The van der Waals surface area contributed by atoms with Crippen molar-refractivity contribution in [2.24, 2.45) is 0 Å². The lowest BCUT2D eigenvalue weighted by atomic mass is 10.0. The monoisotopic (exact) mass is 287 g/mol. The molecule has 2 aromatic rings. The van der Waals surface area contributed by atoms with Crippen LogP contribution in [-0.4, -0.2) is 28.7 Å². The van der Waals surface area contributed by atoms with Crippen LogP contribution in [0.15, 0.2) is 30.5 Å². The first-order valence-electron chi connectivity index (χ1n) is 6.99. The molecule has 0 spiro atoms. The molecule has 1 aromatic heterocycles. The Hall–Kier alpha value is -2.21. The van der Waals surface area contributed by atoms with Gasteiger partial charge in [0.2, 0.25) is 0 Å². The number of para-hydroxylation sites is 1. The van der Waals surface area contributed by atoms with Crippen LogP contribution in [0.25, 0.3) is 10.9 Å². The van der Waals surface area contributed by atoms with Crippen molar-refractivity contribution >= 4 is 22.3 Å². The fraction of sp³-hybridized carbons (Fsp3) is 0.400. The predicted molar refractivity (Wildman–Crippen MR) is 80.5 cm³/mol. The van der Waals surface area contributed by atoms with E-state index in [-0.39, 0.29) is 11.3 Å². The van der Waals surface area contributed by atoms with Crippen molar-refractivity contribution in [3.8, 4) is 0 Å². The van der Waals surface area contributed by atoms with E-state index in [1.807, 2.05) is 31.2 Å². The van der Waals surface area contributed by atoms with Crippen LogP contribution in [0, 0.1) is 10.1 Å². The van der Waals surface area contributed by atoms with Crippen molar-refractivity contribution in [3.63, 3.8) is 0 Å². The van der Waals surface area contributed by atoms with Gasteiger partial charge in [0.05, 0.1) is 16.0 Å². The Labute approximate surface area is 122 Å². The molecule has 1 fully saturated rings. The summed E-state index contributed by atoms with van der Waals surface area (Å²) in [5.41, 5.74) is 0.985. The smallest absolute Gasteiger partial charge is 0.311 e. The lowest BCUT2D eigenvalue weighted by Crippen LogP contribution is -2.32. The van der Waals surface area contributed by atoms with Gasteiger partial charge < -0.3 is 10.1 Å². The van der Waals surface area contributed by atoms with E-state index in [2.05, 4.69) is 10.3 Å². The lowest BCUT2D eigenvalue weighted by Gasteiger charge is -2.24. The topological polar surface area (TPSA) is 77.3 Å². The van der Waals surface area contributed by atoms with Crippen molar-refractivity contribution in [1.82, 2.24) is 4.98 Å². The number of nitrogens with one attached hydrogen (secondary N) is 1. The number of hydrogen-bond acceptors (Lipinski definition) is 5. The van der Waals surface area contributed by atoms with E-state index in [0.29, 0.717) is 12.2 Å². The second kappa shape index (κ2) is 5.29. The molecule has 1 atom stereocenters. The zero-order chi connectivity index (χ0) is 14.9. The fourth-order valence-corrected chi connectivity index (χ4v) is 2.71. The maximum absolute atomic E-state index is 11.2. The average Bonchev–Trinajstić information content (AvgIpc) is 2.91. The quantitative estimate of drug-likeness (QED) is 0.690. The van der Waals surface area contributed by atoms with Crippen molar-refractivity contribution < 1.29 is 9.66 Å². The predicted octanol–water partition coefficient (Wildman–Crippen LogP) is 3.12. The Bertz CT molecular complexity index is 681. The number of rotatable bonds is 4. The molecule has 21 heavy (non-hydrogen) atoms. The number of aromatic nitrogens is 1. The van der Waals surface area contributed by atoms with Gasteiger partial charge in [-0.1, -0.05) is 18.2 Å². The molecule has 2 heterocycles. The Morgan fingerprint density at radius 3 is 3.00 bits per heavy atom. The van der Waals surface area contributed by atoms with Gasteiger partial charge in [-0.3, -0.25) is 10.1 Å². The normalized spacial score (nSPS) is 21.6. The van der Waals surface area contributed by atoms with Gasteiger partial charge in [0, 0.05) is 18.5 Å².